The molecule has 2 fully saturated rings. The Morgan fingerprint density at radius 2 is 2.12 bits per heavy atom. The van der Waals surface area contributed by atoms with Gasteiger partial charge in [0.15, 0.2) is 0 Å². The Balaban J connectivity index is 1.59. The average molecular weight is 327 g/mol. The summed E-state index contributed by atoms with van der Waals surface area (Å²) in [5.41, 5.74) is 2.04. The molecule has 5 heteroatoms. The molecular weight excluding hydrogens is 302 g/mol. The van der Waals surface area contributed by atoms with E-state index in [2.05, 4.69) is 10.6 Å². The van der Waals surface area contributed by atoms with Gasteiger partial charge in [-0.3, -0.25) is 4.79 Å². The van der Waals surface area contributed by atoms with Crippen LogP contribution in [0, 0.1) is 0 Å². The van der Waals surface area contributed by atoms with Crippen molar-refractivity contribution in [1.29, 1.82) is 0 Å². The van der Waals surface area contributed by atoms with E-state index >= 15 is 0 Å². The number of rotatable bonds is 5. The minimum absolute atomic E-state index is 0.156. The fourth-order valence-electron chi connectivity index (χ4n) is 3.94. The molecule has 4 rings (SSSR count). The third kappa shape index (κ3) is 2.93. The Morgan fingerprint density at radius 3 is 2.88 bits per heavy atom. The second kappa shape index (κ2) is 6.20. The van der Waals surface area contributed by atoms with E-state index in [-0.39, 0.29) is 18.1 Å². The lowest BCUT2D eigenvalue weighted by Crippen LogP contribution is -2.39. The van der Waals surface area contributed by atoms with Crippen molar-refractivity contribution in [3.63, 3.8) is 0 Å². The Hall–Kier alpha value is -1.88. The molecule has 1 aliphatic heterocycles. The first-order chi connectivity index (χ1) is 11.6. The molecule has 0 bridgehead atoms. The van der Waals surface area contributed by atoms with E-state index in [0.717, 1.165) is 36.2 Å². The molecule has 1 N–H and O–H groups in total. The van der Waals surface area contributed by atoms with Gasteiger partial charge in [0.2, 0.25) is 5.91 Å². The molecule has 0 spiro atoms. The minimum atomic E-state index is -0.362. The molecule has 24 heavy (non-hydrogen) atoms. The number of aliphatic hydroxyl groups is 1. The summed E-state index contributed by atoms with van der Waals surface area (Å²) in [5, 5.41) is 9.68. The van der Waals surface area contributed by atoms with Gasteiger partial charge in [0, 0.05) is 18.5 Å². The van der Waals surface area contributed by atoms with Gasteiger partial charge in [-0.2, -0.15) is 0 Å². The van der Waals surface area contributed by atoms with E-state index in [1.807, 2.05) is 23.1 Å². The predicted octanol–water partition coefficient (Wildman–Crippen LogP) is 2.68. The van der Waals surface area contributed by atoms with E-state index in [0.29, 0.717) is 18.9 Å². The molecule has 2 unspecified atom stereocenters. The molecule has 1 saturated heterocycles. The summed E-state index contributed by atoms with van der Waals surface area (Å²) in [5.74, 6) is 1.73. The molecule has 1 aromatic heterocycles. The predicted molar refractivity (Wildman–Crippen MR) is 92.7 cm³/mol. The zero-order chi connectivity index (χ0) is 16.7. The van der Waals surface area contributed by atoms with Gasteiger partial charge in [-0.15, -0.1) is 0 Å². The van der Waals surface area contributed by atoms with Crippen molar-refractivity contribution < 1.29 is 9.90 Å². The van der Waals surface area contributed by atoms with Crippen molar-refractivity contribution in [3.05, 3.63) is 30.1 Å². The van der Waals surface area contributed by atoms with Crippen LogP contribution in [-0.4, -0.2) is 44.2 Å². The van der Waals surface area contributed by atoms with Gasteiger partial charge in [-0.25, -0.2) is 4.98 Å². The van der Waals surface area contributed by atoms with Crippen molar-refractivity contribution in [2.24, 2.45) is 0 Å². The molecular formula is C19H25N3O2. The average Bonchev–Trinajstić information content (AvgIpc) is 3.19. The lowest BCUT2D eigenvalue weighted by molar-refractivity contribution is -0.133. The maximum atomic E-state index is 12.9. The number of carbonyl (C=O) groups excluding carboxylic acids is 1. The number of hydrogen-bond acceptors (Lipinski definition) is 3. The number of likely N-dealkylation sites (tertiary alicyclic amines) is 1. The maximum absolute atomic E-state index is 12.9. The zero-order valence-electron chi connectivity index (χ0n) is 14.2. The first kappa shape index (κ1) is 15.6. The number of imidazole rings is 1. The number of nitrogens with zero attached hydrogens (tertiary/aromatic N) is 3. The van der Waals surface area contributed by atoms with Crippen LogP contribution < -0.4 is 0 Å². The fraction of sp³-hybridized carbons (Fsp3) is 0.579. The van der Waals surface area contributed by atoms with Crippen LogP contribution in [0.2, 0.25) is 0 Å². The van der Waals surface area contributed by atoms with Crippen LogP contribution in [0.4, 0.5) is 0 Å². The quantitative estimate of drug-likeness (QED) is 0.918. The summed E-state index contributed by atoms with van der Waals surface area (Å²) in [6.07, 6.45) is 4.68. The number of fused-ring (bicyclic) bond motifs is 1. The molecule has 2 aromatic rings. The maximum Gasteiger partial charge on any atom is 0.242 e. The van der Waals surface area contributed by atoms with Crippen LogP contribution in [0.1, 0.15) is 50.8 Å². The molecule has 1 saturated carbocycles. The van der Waals surface area contributed by atoms with Gasteiger partial charge >= 0.3 is 0 Å². The molecule has 1 amide bonds. The third-order valence-electron chi connectivity index (χ3n) is 5.23. The Labute approximate surface area is 142 Å². The van der Waals surface area contributed by atoms with Crippen molar-refractivity contribution in [3.8, 4) is 0 Å². The lowest BCUT2D eigenvalue weighted by Gasteiger charge is -2.26. The highest BCUT2D eigenvalue weighted by Gasteiger charge is 2.33. The highest BCUT2D eigenvalue weighted by atomic mass is 16.3. The largest absolute Gasteiger partial charge is 0.393 e. The number of hydrogen-bond donors (Lipinski definition) is 1. The topological polar surface area (TPSA) is 58.4 Å². The Bertz CT molecular complexity index is 748. The van der Waals surface area contributed by atoms with Crippen molar-refractivity contribution in [2.75, 3.05) is 6.54 Å². The number of benzene rings is 1. The normalized spacial score (nSPS) is 22.2. The van der Waals surface area contributed by atoms with Crippen LogP contribution >= 0.6 is 0 Å². The fourth-order valence-corrected chi connectivity index (χ4v) is 3.94. The van der Waals surface area contributed by atoms with E-state index in [1.165, 1.54) is 12.8 Å². The van der Waals surface area contributed by atoms with Gasteiger partial charge in [-0.1, -0.05) is 12.1 Å². The first-order valence-electron chi connectivity index (χ1n) is 9.06. The lowest BCUT2D eigenvalue weighted by atomic mass is 10.1. The van der Waals surface area contributed by atoms with E-state index in [4.69, 9.17) is 4.98 Å². The Kier molecular flexibility index (Phi) is 4.04. The summed E-state index contributed by atoms with van der Waals surface area (Å²) >= 11 is 0. The van der Waals surface area contributed by atoms with Crippen LogP contribution in [-0.2, 0) is 11.3 Å². The van der Waals surface area contributed by atoms with E-state index in [1.54, 1.807) is 6.92 Å². The summed E-state index contributed by atoms with van der Waals surface area (Å²) in [6.45, 7) is 2.97. The number of aromatic nitrogens is 2. The van der Waals surface area contributed by atoms with Crippen molar-refractivity contribution in [2.45, 2.75) is 63.6 Å². The van der Waals surface area contributed by atoms with Gasteiger partial charge in [-0.05, 0) is 51.2 Å². The van der Waals surface area contributed by atoms with Crippen LogP contribution in [0.5, 0.6) is 0 Å². The van der Waals surface area contributed by atoms with Gasteiger partial charge < -0.3 is 14.6 Å². The summed E-state index contributed by atoms with van der Waals surface area (Å²) in [4.78, 5) is 19.7. The minimum Gasteiger partial charge on any atom is -0.393 e. The molecule has 128 valence electrons. The van der Waals surface area contributed by atoms with Crippen molar-refractivity contribution in [1.82, 2.24) is 14.5 Å². The van der Waals surface area contributed by atoms with Crippen LogP contribution in [0.15, 0.2) is 24.3 Å². The SMILES string of the molecule is CC(O)CC1CCCN1C(=O)Cn1c(C2CC2)nc2ccccc21. The molecule has 2 heterocycles. The summed E-state index contributed by atoms with van der Waals surface area (Å²) < 4.78 is 2.12. The second-order valence-electron chi connectivity index (χ2n) is 7.29. The highest BCUT2D eigenvalue weighted by Crippen LogP contribution is 2.40. The zero-order valence-corrected chi connectivity index (χ0v) is 14.2. The van der Waals surface area contributed by atoms with Crippen molar-refractivity contribution >= 4 is 16.9 Å². The highest BCUT2D eigenvalue weighted by molar-refractivity contribution is 5.81. The molecule has 1 aliphatic carbocycles. The number of carbonyl (C=O) groups is 1. The summed E-state index contributed by atoms with van der Waals surface area (Å²) in [6, 6.07) is 8.26. The number of aliphatic hydroxyl groups excluding tert-OH is 1. The van der Waals surface area contributed by atoms with E-state index < -0.39 is 0 Å². The van der Waals surface area contributed by atoms with Gasteiger partial charge in [0.25, 0.3) is 0 Å². The molecule has 2 atom stereocenters. The Morgan fingerprint density at radius 1 is 1.33 bits per heavy atom. The molecule has 1 aromatic carbocycles. The molecule has 0 radical (unpaired) electrons. The van der Waals surface area contributed by atoms with Crippen LogP contribution in [0.3, 0.4) is 0 Å². The van der Waals surface area contributed by atoms with Gasteiger partial charge in [0.05, 0.1) is 17.1 Å². The second-order valence-corrected chi connectivity index (χ2v) is 7.29. The number of amides is 1. The monoisotopic (exact) mass is 327 g/mol. The molecule has 5 nitrogen and oxygen atoms in total. The molecule has 2 aliphatic rings. The van der Waals surface area contributed by atoms with Gasteiger partial charge in [0.1, 0.15) is 12.4 Å². The van der Waals surface area contributed by atoms with Crippen LogP contribution in [0.25, 0.3) is 11.0 Å². The number of para-hydroxylation sites is 2. The smallest absolute Gasteiger partial charge is 0.242 e. The third-order valence-corrected chi connectivity index (χ3v) is 5.23. The van der Waals surface area contributed by atoms with E-state index in [9.17, 15) is 9.90 Å². The standard InChI is InChI=1S/C19H25N3O2/c1-13(23)11-15-5-4-10-21(15)18(24)12-22-17-7-3-2-6-16(17)20-19(22)14-8-9-14/h2-3,6-7,13-15,23H,4-5,8-12H2,1H3. The first-order valence-corrected chi connectivity index (χ1v) is 9.06. The summed E-state index contributed by atoms with van der Waals surface area (Å²) in [7, 11) is 0.